The summed E-state index contributed by atoms with van der Waals surface area (Å²) in [4.78, 5) is 13.0. The largest absolute Gasteiger partial charge is 0.478 e. The zero-order valence-corrected chi connectivity index (χ0v) is 11.3. The lowest BCUT2D eigenvalue weighted by molar-refractivity contribution is 0.0697. The molecule has 1 unspecified atom stereocenters. The van der Waals surface area contributed by atoms with Crippen LogP contribution in [0.15, 0.2) is 18.2 Å². The highest BCUT2D eigenvalue weighted by molar-refractivity contribution is 5.90. The molecule has 1 atom stereocenters. The number of nitrogens with zero attached hydrogens (tertiary/aromatic N) is 1. The molecule has 0 fully saturated rings. The van der Waals surface area contributed by atoms with E-state index in [1.54, 1.807) is 12.1 Å². The number of benzene rings is 1. The van der Waals surface area contributed by atoms with E-state index in [4.69, 9.17) is 10.8 Å². The van der Waals surface area contributed by atoms with Gasteiger partial charge in [-0.2, -0.15) is 0 Å². The number of carboxylic acid groups (broad SMARTS) is 1. The molecular weight excluding hydrogens is 228 g/mol. The second-order valence-corrected chi connectivity index (χ2v) is 4.63. The molecule has 4 heteroatoms. The molecule has 0 spiro atoms. The maximum absolute atomic E-state index is 10.9. The molecule has 0 aromatic heterocycles. The normalized spacial score (nSPS) is 12.2. The number of rotatable bonds is 6. The predicted octanol–water partition coefficient (Wildman–Crippen LogP) is 2.84. The van der Waals surface area contributed by atoms with Crippen molar-refractivity contribution in [2.24, 2.45) is 5.92 Å². The molecule has 4 nitrogen and oxygen atoms in total. The lowest BCUT2D eigenvalue weighted by Crippen LogP contribution is -2.28. The Bertz CT molecular complexity index is 418. The van der Waals surface area contributed by atoms with Crippen molar-refractivity contribution in [1.29, 1.82) is 0 Å². The molecule has 0 bridgehead atoms. The van der Waals surface area contributed by atoms with Gasteiger partial charge in [0.1, 0.15) is 0 Å². The number of hydrogen-bond acceptors (Lipinski definition) is 3. The van der Waals surface area contributed by atoms with E-state index in [1.165, 1.54) is 6.07 Å². The summed E-state index contributed by atoms with van der Waals surface area (Å²) in [5.41, 5.74) is 7.63. The molecule has 18 heavy (non-hydrogen) atoms. The Kier molecular flexibility index (Phi) is 5.01. The molecule has 0 saturated heterocycles. The molecule has 0 aliphatic heterocycles. The summed E-state index contributed by atoms with van der Waals surface area (Å²) in [5.74, 6) is -0.360. The van der Waals surface area contributed by atoms with Gasteiger partial charge in [0.15, 0.2) is 0 Å². The van der Waals surface area contributed by atoms with Crippen molar-refractivity contribution in [2.45, 2.75) is 27.2 Å². The lowest BCUT2D eigenvalue weighted by atomic mass is 10.1. The van der Waals surface area contributed by atoms with Crippen molar-refractivity contribution >= 4 is 17.3 Å². The molecule has 1 rings (SSSR count). The van der Waals surface area contributed by atoms with Crippen molar-refractivity contribution in [3.63, 3.8) is 0 Å². The third-order valence-corrected chi connectivity index (χ3v) is 3.23. The third-order valence-electron chi connectivity index (χ3n) is 3.23. The fourth-order valence-corrected chi connectivity index (χ4v) is 1.88. The first-order valence-corrected chi connectivity index (χ1v) is 6.37. The molecule has 0 amide bonds. The van der Waals surface area contributed by atoms with Crippen molar-refractivity contribution in [1.82, 2.24) is 0 Å². The molecule has 1 aromatic rings. The summed E-state index contributed by atoms with van der Waals surface area (Å²) in [6, 6.07) is 4.93. The van der Waals surface area contributed by atoms with Gasteiger partial charge in [-0.3, -0.25) is 0 Å². The summed E-state index contributed by atoms with van der Waals surface area (Å²) < 4.78 is 0. The minimum absolute atomic E-state index is 0.232. The summed E-state index contributed by atoms with van der Waals surface area (Å²) in [6.45, 7) is 8.23. The summed E-state index contributed by atoms with van der Waals surface area (Å²) in [6.07, 6.45) is 1.11. The minimum Gasteiger partial charge on any atom is -0.478 e. The maximum atomic E-state index is 10.9. The second kappa shape index (κ2) is 6.28. The Morgan fingerprint density at radius 3 is 2.56 bits per heavy atom. The van der Waals surface area contributed by atoms with Gasteiger partial charge >= 0.3 is 5.97 Å². The number of nitrogens with two attached hydrogens (primary N) is 1. The number of carbonyl (C=O) groups is 1. The molecule has 100 valence electrons. The molecule has 0 heterocycles. The number of nitrogen functional groups attached to an aromatic ring is 1. The maximum Gasteiger partial charge on any atom is 0.335 e. The van der Waals surface area contributed by atoms with Crippen LogP contribution in [-0.2, 0) is 0 Å². The SMILES string of the molecule is CCC(C)CN(CC)c1ccc(C(=O)O)cc1N. The smallest absolute Gasteiger partial charge is 0.335 e. The average molecular weight is 250 g/mol. The van der Waals surface area contributed by atoms with E-state index in [9.17, 15) is 4.79 Å². The zero-order chi connectivity index (χ0) is 13.7. The van der Waals surface area contributed by atoms with Crippen LogP contribution in [0, 0.1) is 5.92 Å². The Labute approximate surface area is 108 Å². The number of carboxylic acids is 1. The first-order valence-electron chi connectivity index (χ1n) is 6.37. The molecule has 0 radical (unpaired) electrons. The zero-order valence-electron chi connectivity index (χ0n) is 11.3. The van der Waals surface area contributed by atoms with Crippen LogP contribution in [0.25, 0.3) is 0 Å². The van der Waals surface area contributed by atoms with Crippen LogP contribution in [0.3, 0.4) is 0 Å². The van der Waals surface area contributed by atoms with E-state index >= 15 is 0 Å². The third kappa shape index (κ3) is 3.39. The Hall–Kier alpha value is -1.71. The van der Waals surface area contributed by atoms with Crippen LogP contribution >= 0.6 is 0 Å². The van der Waals surface area contributed by atoms with Gasteiger partial charge in [-0.1, -0.05) is 20.3 Å². The van der Waals surface area contributed by atoms with Crippen LogP contribution in [0.1, 0.15) is 37.6 Å². The van der Waals surface area contributed by atoms with E-state index in [0.717, 1.165) is 25.2 Å². The van der Waals surface area contributed by atoms with Crippen LogP contribution in [0.2, 0.25) is 0 Å². The molecule has 0 aliphatic carbocycles. The highest BCUT2D eigenvalue weighted by atomic mass is 16.4. The fraction of sp³-hybridized carbons (Fsp3) is 0.500. The van der Waals surface area contributed by atoms with Crippen molar-refractivity contribution < 1.29 is 9.90 Å². The van der Waals surface area contributed by atoms with E-state index in [2.05, 4.69) is 25.7 Å². The molecule has 0 saturated carbocycles. The van der Waals surface area contributed by atoms with Crippen LogP contribution in [0.4, 0.5) is 11.4 Å². The van der Waals surface area contributed by atoms with Crippen molar-refractivity contribution in [3.8, 4) is 0 Å². The van der Waals surface area contributed by atoms with Gasteiger partial charge < -0.3 is 15.7 Å². The Morgan fingerprint density at radius 2 is 2.11 bits per heavy atom. The quantitative estimate of drug-likeness (QED) is 0.762. The molecule has 3 N–H and O–H groups in total. The van der Waals surface area contributed by atoms with Gasteiger partial charge in [0.2, 0.25) is 0 Å². The predicted molar refractivity (Wildman–Crippen MR) is 75.2 cm³/mol. The topological polar surface area (TPSA) is 66.6 Å². The van der Waals surface area contributed by atoms with Gasteiger partial charge in [0.05, 0.1) is 16.9 Å². The van der Waals surface area contributed by atoms with Crippen LogP contribution in [-0.4, -0.2) is 24.2 Å². The number of aromatic carboxylic acids is 1. The van der Waals surface area contributed by atoms with Gasteiger partial charge in [0.25, 0.3) is 0 Å². The van der Waals surface area contributed by atoms with Gasteiger partial charge in [0, 0.05) is 13.1 Å². The molecule has 0 aliphatic rings. The molecule has 1 aromatic carbocycles. The number of anilines is 2. The summed E-state index contributed by atoms with van der Waals surface area (Å²) in [5, 5.41) is 8.91. The van der Waals surface area contributed by atoms with Crippen molar-refractivity contribution in [2.75, 3.05) is 23.7 Å². The number of hydrogen-bond donors (Lipinski definition) is 2. The Morgan fingerprint density at radius 1 is 1.44 bits per heavy atom. The van der Waals surface area contributed by atoms with Gasteiger partial charge in [-0.25, -0.2) is 4.79 Å². The van der Waals surface area contributed by atoms with E-state index in [-0.39, 0.29) is 5.56 Å². The van der Waals surface area contributed by atoms with Crippen LogP contribution < -0.4 is 10.6 Å². The van der Waals surface area contributed by atoms with E-state index < -0.39 is 5.97 Å². The van der Waals surface area contributed by atoms with Gasteiger partial charge in [-0.15, -0.1) is 0 Å². The fourth-order valence-electron chi connectivity index (χ4n) is 1.88. The summed E-state index contributed by atoms with van der Waals surface area (Å²) in [7, 11) is 0. The standard InChI is InChI=1S/C14H22N2O2/c1-4-10(3)9-16(5-2)13-7-6-11(14(17)18)8-12(13)15/h6-8,10H,4-5,9,15H2,1-3H3,(H,17,18). The van der Waals surface area contributed by atoms with Crippen LogP contribution in [0.5, 0.6) is 0 Å². The first kappa shape index (κ1) is 14.4. The monoisotopic (exact) mass is 250 g/mol. The van der Waals surface area contributed by atoms with E-state index in [1.807, 2.05) is 0 Å². The lowest BCUT2D eigenvalue weighted by Gasteiger charge is -2.27. The Balaban J connectivity index is 2.96. The minimum atomic E-state index is -0.946. The van der Waals surface area contributed by atoms with Gasteiger partial charge in [-0.05, 0) is 31.0 Å². The first-order chi connectivity index (χ1) is 8.49. The average Bonchev–Trinajstić information content (AvgIpc) is 2.35. The second-order valence-electron chi connectivity index (χ2n) is 4.63. The molecular formula is C14H22N2O2. The highest BCUT2D eigenvalue weighted by Gasteiger charge is 2.13. The summed E-state index contributed by atoms with van der Waals surface area (Å²) >= 11 is 0. The highest BCUT2D eigenvalue weighted by Crippen LogP contribution is 2.25. The van der Waals surface area contributed by atoms with E-state index in [0.29, 0.717) is 11.6 Å². The van der Waals surface area contributed by atoms with Crippen molar-refractivity contribution in [3.05, 3.63) is 23.8 Å².